The van der Waals surface area contributed by atoms with Crippen LogP contribution in [0.2, 0.25) is 0 Å². The first-order valence-corrected chi connectivity index (χ1v) is 4.45. The molecule has 6 heteroatoms. The van der Waals surface area contributed by atoms with Gasteiger partial charge >= 0.3 is 5.97 Å². The first-order valence-electron chi connectivity index (χ1n) is 4.45. The molecule has 0 amide bonds. The number of aromatic nitrogens is 2. The summed E-state index contributed by atoms with van der Waals surface area (Å²) in [5.41, 5.74) is 0.216. The summed E-state index contributed by atoms with van der Waals surface area (Å²) in [7, 11) is 1.68. The van der Waals surface area contributed by atoms with Gasteiger partial charge in [-0.3, -0.25) is 9.48 Å². The normalized spacial score (nSPS) is 10.3. The van der Waals surface area contributed by atoms with Gasteiger partial charge < -0.3 is 9.52 Å². The van der Waals surface area contributed by atoms with Gasteiger partial charge in [-0.05, 0) is 18.2 Å². The molecule has 0 aliphatic rings. The third kappa shape index (κ3) is 1.72. The molecule has 2 rings (SSSR count). The molecule has 82 valence electrons. The lowest BCUT2D eigenvalue weighted by atomic mass is 10.2. The third-order valence-corrected chi connectivity index (χ3v) is 1.99. The minimum Gasteiger partial charge on any atom is -0.475 e. The Labute approximate surface area is 90.1 Å². The standard InChI is InChI=1S/C10H8N2O4/c1-12-5-4-6(11-12)9(13)7-2-3-8(16-7)10(14)15/h2-5H,1H3,(H,14,15). The summed E-state index contributed by atoms with van der Waals surface area (Å²) in [6.45, 7) is 0. The average Bonchev–Trinajstić information content (AvgIpc) is 2.84. The number of hydrogen-bond donors (Lipinski definition) is 1. The van der Waals surface area contributed by atoms with E-state index in [2.05, 4.69) is 5.10 Å². The molecule has 2 heterocycles. The van der Waals surface area contributed by atoms with Crippen LogP contribution in [-0.2, 0) is 7.05 Å². The van der Waals surface area contributed by atoms with Crippen molar-refractivity contribution in [2.24, 2.45) is 7.05 Å². The van der Waals surface area contributed by atoms with Gasteiger partial charge in [0.1, 0.15) is 5.69 Å². The molecule has 16 heavy (non-hydrogen) atoms. The first-order chi connectivity index (χ1) is 7.58. The van der Waals surface area contributed by atoms with E-state index in [0.717, 1.165) is 0 Å². The number of carbonyl (C=O) groups is 2. The van der Waals surface area contributed by atoms with Gasteiger partial charge in [0.2, 0.25) is 11.5 Å². The van der Waals surface area contributed by atoms with Crippen LogP contribution in [-0.4, -0.2) is 26.6 Å². The fourth-order valence-corrected chi connectivity index (χ4v) is 1.24. The van der Waals surface area contributed by atoms with Crippen molar-refractivity contribution in [1.29, 1.82) is 0 Å². The molecule has 2 aromatic heterocycles. The van der Waals surface area contributed by atoms with Crippen molar-refractivity contribution >= 4 is 11.8 Å². The summed E-state index contributed by atoms with van der Waals surface area (Å²) in [5.74, 6) is -1.94. The second-order valence-corrected chi connectivity index (χ2v) is 3.17. The Balaban J connectivity index is 2.30. The molecule has 0 radical (unpaired) electrons. The SMILES string of the molecule is Cn1ccc(C(=O)c2ccc(C(=O)O)o2)n1. The fourth-order valence-electron chi connectivity index (χ4n) is 1.24. The average molecular weight is 220 g/mol. The molecule has 2 aromatic rings. The number of carboxylic acid groups (broad SMARTS) is 1. The van der Waals surface area contributed by atoms with Gasteiger partial charge in [0, 0.05) is 13.2 Å². The number of ketones is 1. The van der Waals surface area contributed by atoms with E-state index in [4.69, 9.17) is 9.52 Å². The van der Waals surface area contributed by atoms with Crippen molar-refractivity contribution in [3.63, 3.8) is 0 Å². The molecule has 1 N–H and O–H groups in total. The van der Waals surface area contributed by atoms with Crippen LogP contribution in [0.1, 0.15) is 26.8 Å². The Morgan fingerprint density at radius 2 is 2.00 bits per heavy atom. The minimum atomic E-state index is -1.21. The third-order valence-electron chi connectivity index (χ3n) is 1.99. The van der Waals surface area contributed by atoms with Crippen molar-refractivity contribution < 1.29 is 19.1 Å². The number of rotatable bonds is 3. The molecule has 0 aliphatic heterocycles. The zero-order valence-electron chi connectivity index (χ0n) is 8.38. The lowest BCUT2D eigenvalue weighted by molar-refractivity contribution is 0.0660. The Bertz CT molecular complexity index is 553. The Morgan fingerprint density at radius 1 is 1.31 bits per heavy atom. The van der Waals surface area contributed by atoms with Crippen LogP contribution >= 0.6 is 0 Å². The van der Waals surface area contributed by atoms with E-state index < -0.39 is 11.8 Å². The quantitative estimate of drug-likeness (QED) is 0.778. The second kappa shape index (κ2) is 3.65. The molecule has 0 saturated heterocycles. The molecular formula is C10H8N2O4. The van der Waals surface area contributed by atoms with Crippen molar-refractivity contribution in [2.45, 2.75) is 0 Å². The van der Waals surface area contributed by atoms with Crippen LogP contribution in [0.25, 0.3) is 0 Å². The summed E-state index contributed by atoms with van der Waals surface area (Å²) in [6.07, 6.45) is 1.62. The predicted molar refractivity (Wildman–Crippen MR) is 52.3 cm³/mol. The van der Waals surface area contributed by atoms with Gasteiger partial charge in [0.15, 0.2) is 5.76 Å². The summed E-state index contributed by atoms with van der Waals surface area (Å²) in [6, 6.07) is 4.09. The molecule has 0 atom stereocenters. The highest BCUT2D eigenvalue weighted by Crippen LogP contribution is 2.12. The molecule has 0 saturated carbocycles. The van der Waals surface area contributed by atoms with Gasteiger partial charge in [-0.25, -0.2) is 4.79 Å². The monoisotopic (exact) mass is 220 g/mol. The largest absolute Gasteiger partial charge is 0.475 e. The van der Waals surface area contributed by atoms with Crippen LogP contribution in [0.4, 0.5) is 0 Å². The zero-order chi connectivity index (χ0) is 11.7. The smallest absolute Gasteiger partial charge is 0.371 e. The molecule has 0 aliphatic carbocycles. The maximum Gasteiger partial charge on any atom is 0.371 e. The summed E-state index contributed by atoms with van der Waals surface area (Å²) < 4.78 is 6.35. The molecule has 0 fully saturated rings. The summed E-state index contributed by atoms with van der Waals surface area (Å²) in [4.78, 5) is 22.3. The molecule has 6 nitrogen and oxygen atoms in total. The van der Waals surface area contributed by atoms with Crippen LogP contribution in [0, 0.1) is 0 Å². The van der Waals surface area contributed by atoms with E-state index >= 15 is 0 Å². The van der Waals surface area contributed by atoms with Crippen LogP contribution in [0.3, 0.4) is 0 Å². The van der Waals surface area contributed by atoms with Gasteiger partial charge in [0.05, 0.1) is 0 Å². The maximum atomic E-state index is 11.7. The highest BCUT2D eigenvalue weighted by atomic mass is 16.4. The number of furan rings is 1. The van der Waals surface area contributed by atoms with E-state index in [9.17, 15) is 9.59 Å². The number of carboxylic acids is 1. The molecule has 0 unspecified atom stereocenters. The van der Waals surface area contributed by atoms with Crippen LogP contribution < -0.4 is 0 Å². The topological polar surface area (TPSA) is 85.3 Å². The van der Waals surface area contributed by atoms with E-state index in [1.807, 2.05) is 0 Å². The summed E-state index contributed by atoms with van der Waals surface area (Å²) in [5, 5.41) is 12.5. The van der Waals surface area contributed by atoms with E-state index in [1.165, 1.54) is 22.9 Å². The summed E-state index contributed by atoms with van der Waals surface area (Å²) >= 11 is 0. The maximum absolute atomic E-state index is 11.7. The number of aryl methyl sites for hydroxylation is 1. The number of carbonyl (C=O) groups excluding carboxylic acids is 1. The molecular weight excluding hydrogens is 212 g/mol. The van der Waals surface area contributed by atoms with Gasteiger partial charge in [-0.2, -0.15) is 5.10 Å². The van der Waals surface area contributed by atoms with Crippen LogP contribution in [0.5, 0.6) is 0 Å². The van der Waals surface area contributed by atoms with Gasteiger partial charge in [-0.1, -0.05) is 0 Å². The Hall–Kier alpha value is -2.37. The van der Waals surface area contributed by atoms with E-state index in [-0.39, 0.29) is 17.2 Å². The predicted octanol–water partition coefficient (Wildman–Crippen LogP) is 0.942. The molecule has 0 bridgehead atoms. The van der Waals surface area contributed by atoms with Gasteiger partial charge in [-0.15, -0.1) is 0 Å². The number of aromatic carboxylic acids is 1. The Kier molecular flexibility index (Phi) is 2.32. The van der Waals surface area contributed by atoms with Crippen molar-refractivity contribution in [3.8, 4) is 0 Å². The molecule has 0 aromatic carbocycles. The van der Waals surface area contributed by atoms with Crippen molar-refractivity contribution in [1.82, 2.24) is 9.78 Å². The van der Waals surface area contributed by atoms with Gasteiger partial charge in [0.25, 0.3) is 0 Å². The van der Waals surface area contributed by atoms with Crippen molar-refractivity contribution in [2.75, 3.05) is 0 Å². The number of nitrogens with zero attached hydrogens (tertiary/aromatic N) is 2. The highest BCUT2D eigenvalue weighted by molar-refractivity contribution is 6.06. The minimum absolute atomic E-state index is 0.0314. The van der Waals surface area contributed by atoms with E-state index in [1.54, 1.807) is 13.2 Å². The fraction of sp³-hybridized carbons (Fsp3) is 0.100. The lowest BCUT2D eigenvalue weighted by Gasteiger charge is -1.91. The number of hydrogen-bond acceptors (Lipinski definition) is 4. The second-order valence-electron chi connectivity index (χ2n) is 3.17. The molecule has 0 spiro atoms. The first kappa shape index (κ1) is 10.2. The lowest BCUT2D eigenvalue weighted by Crippen LogP contribution is -2.02. The highest BCUT2D eigenvalue weighted by Gasteiger charge is 2.18. The van der Waals surface area contributed by atoms with Crippen LogP contribution in [0.15, 0.2) is 28.8 Å². The zero-order valence-corrected chi connectivity index (χ0v) is 8.38. The van der Waals surface area contributed by atoms with Crippen molar-refractivity contribution in [3.05, 3.63) is 41.6 Å². The van der Waals surface area contributed by atoms with E-state index in [0.29, 0.717) is 0 Å². The Morgan fingerprint density at radius 3 is 2.50 bits per heavy atom.